The van der Waals surface area contributed by atoms with Crippen LogP contribution in [0.25, 0.3) is 0 Å². The highest BCUT2D eigenvalue weighted by Gasteiger charge is 2.21. The number of hydrogen-bond donors (Lipinski definition) is 2. The molecular formula is C13H17NO2S. The van der Waals surface area contributed by atoms with Crippen LogP contribution in [-0.4, -0.2) is 30.4 Å². The van der Waals surface area contributed by atoms with E-state index in [-0.39, 0.29) is 17.2 Å². The van der Waals surface area contributed by atoms with Gasteiger partial charge in [-0.15, -0.1) is 0 Å². The van der Waals surface area contributed by atoms with E-state index in [0.29, 0.717) is 13.0 Å². The van der Waals surface area contributed by atoms with Crippen molar-refractivity contribution >= 4 is 18.5 Å². The second-order valence-corrected chi connectivity index (χ2v) is 4.90. The van der Waals surface area contributed by atoms with Crippen molar-refractivity contribution in [2.45, 2.75) is 24.1 Å². The molecule has 3 nitrogen and oxygen atoms in total. The van der Waals surface area contributed by atoms with Crippen molar-refractivity contribution < 1.29 is 9.53 Å². The van der Waals surface area contributed by atoms with Crippen molar-refractivity contribution in [3.8, 4) is 0 Å². The molecule has 0 bridgehead atoms. The van der Waals surface area contributed by atoms with Crippen LogP contribution >= 0.6 is 12.6 Å². The highest BCUT2D eigenvalue weighted by molar-refractivity contribution is 7.81. The second-order valence-electron chi connectivity index (χ2n) is 4.27. The Bertz CT molecular complexity index is 363. The Balaban J connectivity index is 1.82. The third-order valence-corrected chi connectivity index (χ3v) is 3.27. The molecule has 1 aromatic carbocycles. The second kappa shape index (κ2) is 6.07. The van der Waals surface area contributed by atoms with Crippen LogP contribution in [0.3, 0.4) is 0 Å². The van der Waals surface area contributed by atoms with Gasteiger partial charge in [-0.3, -0.25) is 4.79 Å². The SMILES string of the molecule is O=C(NC1CCOC1)C(S)Cc1ccccc1. The number of rotatable bonds is 4. The van der Waals surface area contributed by atoms with Crippen LogP contribution < -0.4 is 5.32 Å². The maximum Gasteiger partial charge on any atom is 0.233 e. The predicted octanol–water partition coefficient (Wildman–Crippen LogP) is 1.43. The molecule has 0 radical (unpaired) electrons. The highest BCUT2D eigenvalue weighted by atomic mass is 32.1. The van der Waals surface area contributed by atoms with Gasteiger partial charge in [0, 0.05) is 6.61 Å². The molecule has 1 saturated heterocycles. The molecule has 17 heavy (non-hydrogen) atoms. The van der Waals surface area contributed by atoms with Crippen LogP contribution in [-0.2, 0) is 16.0 Å². The molecular weight excluding hydrogens is 234 g/mol. The summed E-state index contributed by atoms with van der Waals surface area (Å²) >= 11 is 4.36. The fourth-order valence-corrected chi connectivity index (χ4v) is 2.16. The largest absolute Gasteiger partial charge is 0.379 e. The lowest BCUT2D eigenvalue weighted by molar-refractivity contribution is -0.121. The van der Waals surface area contributed by atoms with Crippen molar-refractivity contribution in [3.63, 3.8) is 0 Å². The van der Waals surface area contributed by atoms with E-state index in [0.717, 1.165) is 18.6 Å². The van der Waals surface area contributed by atoms with E-state index in [1.165, 1.54) is 0 Å². The summed E-state index contributed by atoms with van der Waals surface area (Å²) in [4.78, 5) is 11.9. The van der Waals surface area contributed by atoms with Gasteiger partial charge in [0.25, 0.3) is 0 Å². The molecule has 1 aliphatic rings. The Kier molecular flexibility index (Phi) is 4.45. The third-order valence-electron chi connectivity index (χ3n) is 2.85. The first-order valence-corrected chi connectivity index (χ1v) is 6.37. The van der Waals surface area contributed by atoms with Gasteiger partial charge in [-0.05, 0) is 18.4 Å². The van der Waals surface area contributed by atoms with Crippen LogP contribution in [0.15, 0.2) is 30.3 Å². The minimum Gasteiger partial charge on any atom is -0.379 e. The lowest BCUT2D eigenvalue weighted by Crippen LogP contribution is -2.40. The Hall–Kier alpha value is -1.00. The van der Waals surface area contributed by atoms with Crippen LogP contribution in [0.5, 0.6) is 0 Å². The fraction of sp³-hybridized carbons (Fsp3) is 0.462. The number of thiol groups is 1. The molecule has 1 aliphatic heterocycles. The maximum atomic E-state index is 11.9. The molecule has 2 unspecified atom stereocenters. The smallest absolute Gasteiger partial charge is 0.233 e. The number of ether oxygens (including phenoxy) is 1. The standard InChI is InChI=1S/C13H17NO2S/c15-13(14-11-6-7-16-9-11)12(17)8-10-4-2-1-3-5-10/h1-5,11-12,17H,6-9H2,(H,14,15). The van der Waals surface area contributed by atoms with Gasteiger partial charge in [-0.1, -0.05) is 30.3 Å². The molecule has 1 aromatic rings. The van der Waals surface area contributed by atoms with E-state index in [9.17, 15) is 4.79 Å². The zero-order valence-corrected chi connectivity index (χ0v) is 10.5. The molecule has 2 rings (SSSR count). The highest BCUT2D eigenvalue weighted by Crippen LogP contribution is 2.10. The Morgan fingerprint density at radius 2 is 2.24 bits per heavy atom. The summed E-state index contributed by atoms with van der Waals surface area (Å²) in [5, 5.41) is 2.67. The molecule has 92 valence electrons. The number of amides is 1. The molecule has 1 heterocycles. The number of hydrogen-bond acceptors (Lipinski definition) is 3. The van der Waals surface area contributed by atoms with Crippen molar-refractivity contribution in [2.24, 2.45) is 0 Å². The quantitative estimate of drug-likeness (QED) is 0.795. The number of carbonyl (C=O) groups excluding carboxylic acids is 1. The van der Waals surface area contributed by atoms with Crippen molar-refractivity contribution in [2.75, 3.05) is 13.2 Å². The summed E-state index contributed by atoms with van der Waals surface area (Å²) in [6.07, 6.45) is 1.56. The van der Waals surface area contributed by atoms with Crippen LogP contribution in [0.1, 0.15) is 12.0 Å². The van der Waals surface area contributed by atoms with Gasteiger partial charge >= 0.3 is 0 Å². The number of carbonyl (C=O) groups is 1. The lowest BCUT2D eigenvalue weighted by atomic mass is 10.1. The first kappa shape index (κ1) is 12.5. The molecule has 0 spiro atoms. The maximum absolute atomic E-state index is 11.9. The molecule has 0 saturated carbocycles. The summed E-state index contributed by atoms with van der Waals surface area (Å²) in [6, 6.07) is 10.1. The van der Waals surface area contributed by atoms with Crippen molar-refractivity contribution in [3.05, 3.63) is 35.9 Å². The summed E-state index contributed by atoms with van der Waals surface area (Å²) in [5.74, 6) is -0.00677. The average Bonchev–Trinajstić information content (AvgIpc) is 2.83. The molecule has 0 aliphatic carbocycles. The fourth-order valence-electron chi connectivity index (χ4n) is 1.88. The number of benzene rings is 1. The monoisotopic (exact) mass is 251 g/mol. The van der Waals surface area contributed by atoms with Gasteiger partial charge < -0.3 is 10.1 Å². The van der Waals surface area contributed by atoms with E-state index in [4.69, 9.17) is 4.74 Å². The third kappa shape index (κ3) is 3.75. The Morgan fingerprint density at radius 3 is 2.88 bits per heavy atom. The minimum absolute atomic E-state index is 0.00677. The molecule has 0 aromatic heterocycles. The zero-order chi connectivity index (χ0) is 12.1. The average molecular weight is 251 g/mol. The number of nitrogens with one attached hydrogen (secondary N) is 1. The molecule has 1 amide bonds. The Morgan fingerprint density at radius 1 is 1.47 bits per heavy atom. The van der Waals surface area contributed by atoms with E-state index >= 15 is 0 Å². The van der Waals surface area contributed by atoms with E-state index in [1.54, 1.807) is 0 Å². The summed E-state index contributed by atoms with van der Waals surface area (Å²) in [5.41, 5.74) is 1.13. The van der Waals surface area contributed by atoms with E-state index in [1.807, 2.05) is 30.3 Å². The van der Waals surface area contributed by atoms with Crippen molar-refractivity contribution in [1.29, 1.82) is 0 Å². The van der Waals surface area contributed by atoms with Crippen LogP contribution in [0, 0.1) is 0 Å². The summed E-state index contributed by atoms with van der Waals surface area (Å²) < 4.78 is 5.22. The molecule has 4 heteroatoms. The van der Waals surface area contributed by atoms with Crippen LogP contribution in [0.4, 0.5) is 0 Å². The summed E-state index contributed by atoms with van der Waals surface area (Å²) in [7, 11) is 0. The molecule has 1 N–H and O–H groups in total. The van der Waals surface area contributed by atoms with Crippen LogP contribution in [0.2, 0.25) is 0 Å². The van der Waals surface area contributed by atoms with Gasteiger partial charge in [-0.2, -0.15) is 12.6 Å². The minimum atomic E-state index is -0.294. The summed E-state index contributed by atoms with van der Waals surface area (Å²) in [6.45, 7) is 1.36. The zero-order valence-electron chi connectivity index (χ0n) is 9.63. The lowest BCUT2D eigenvalue weighted by Gasteiger charge is -2.15. The van der Waals surface area contributed by atoms with Gasteiger partial charge in [0.05, 0.1) is 17.9 Å². The van der Waals surface area contributed by atoms with Gasteiger partial charge in [0.15, 0.2) is 0 Å². The normalized spacial score (nSPS) is 21.1. The topological polar surface area (TPSA) is 38.3 Å². The first-order chi connectivity index (χ1) is 8.25. The van der Waals surface area contributed by atoms with Gasteiger partial charge in [0.2, 0.25) is 5.91 Å². The van der Waals surface area contributed by atoms with Gasteiger partial charge in [-0.25, -0.2) is 0 Å². The van der Waals surface area contributed by atoms with Gasteiger partial charge in [0.1, 0.15) is 0 Å². The molecule has 2 atom stereocenters. The first-order valence-electron chi connectivity index (χ1n) is 5.86. The van der Waals surface area contributed by atoms with Crippen molar-refractivity contribution in [1.82, 2.24) is 5.32 Å². The molecule has 1 fully saturated rings. The Labute approximate surface area is 107 Å². The predicted molar refractivity (Wildman–Crippen MR) is 70.3 cm³/mol. The van der Waals surface area contributed by atoms with E-state index < -0.39 is 0 Å². The van der Waals surface area contributed by atoms with E-state index in [2.05, 4.69) is 17.9 Å².